The van der Waals surface area contributed by atoms with Crippen molar-refractivity contribution in [3.8, 4) is 28.0 Å². The molecular formula is C38H49OTi. The first-order chi connectivity index (χ1) is 17.7. The average Bonchev–Trinajstić information content (AvgIpc) is 3.18. The molecule has 1 aliphatic rings. The van der Waals surface area contributed by atoms with Crippen molar-refractivity contribution in [3.63, 3.8) is 0 Å². The smallest absolute Gasteiger partial charge is 0.507 e. The van der Waals surface area contributed by atoms with Gasteiger partial charge in [0.25, 0.3) is 0 Å². The van der Waals surface area contributed by atoms with E-state index in [4.69, 9.17) is 0 Å². The van der Waals surface area contributed by atoms with Crippen molar-refractivity contribution < 1.29 is 26.8 Å². The Balaban J connectivity index is 0.00000200. The maximum absolute atomic E-state index is 11.0. The van der Waals surface area contributed by atoms with Crippen LogP contribution in [0, 0.1) is 22.3 Å². The fraction of sp³-hybridized carbons (Fsp3) is 0.342. The summed E-state index contributed by atoms with van der Waals surface area (Å²) in [6.45, 7) is 4.59. The normalized spacial score (nSPS) is 12.2. The van der Waals surface area contributed by atoms with Gasteiger partial charge >= 0.3 is 21.7 Å². The molecule has 0 saturated heterocycles. The van der Waals surface area contributed by atoms with Gasteiger partial charge in [-0.15, -0.1) is 0 Å². The molecule has 2 heteroatoms. The number of benzene rings is 4. The van der Waals surface area contributed by atoms with E-state index in [0.29, 0.717) is 5.75 Å². The van der Waals surface area contributed by atoms with Gasteiger partial charge < -0.3 is 27.4 Å². The van der Waals surface area contributed by atoms with Crippen molar-refractivity contribution in [1.82, 2.24) is 0 Å². The molecule has 0 atom stereocenters. The molecule has 5 rings (SSSR count). The molecule has 1 N–H and O–H groups in total. The summed E-state index contributed by atoms with van der Waals surface area (Å²) < 4.78 is 0. The molecule has 4 aromatic rings. The van der Waals surface area contributed by atoms with Gasteiger partial charge in [0.05, 0.1) is 0 Å². The monoisotopic (exact) mass is 569 g/mol. The standard InChI is InChI=1S/C35H40O.3CH3.Ti/c1-3-5-7-13-23-35(24-14-8-6-4-2)31-18-12-11-17-29(31)30-21-19-27(25-32(30)35)34-28-16-10-9-15-26(28)20-22-33(34)36;;;;/h9-12,15-22,25,36H,3-8,13-14,23-24H2,1-2H3;3*1H3;/q;3*-1;+3. The molecule has 0 spiro atoms. The van der Waals surface area contributed by atoms with E-state index in [1.807, 2.05) is 12.1 Å². The summed E-state index contributed by atoms with van der Waals surface area (Å²) in [5.74, 6) is 0.362. The first-order valence-electron chi connectivity index (χ1n) is 14.1. The Hall–Kier alpha value is -2.35. The Morgan fingerprint density at radius 1 is 0.600 bits per heavy atom. The van der Waals surface area contributed by atoms with Gasteiger partial charge in [0.1, 0.15) is 5.75 Å². The molecule has 0 aromatic heterocycles. The van der Waals surface area contributed by atoms with Gasteiger partial charge in [-0.25, -0.2) is 0 Å². The van der Waals surface area contributed by atoms with Gasteiger partial charge in [0.15, 0.2) is 0 Å². The third-order valence-electron chi connectivity index (χ3n) is 8.38. The molecule has 0 bridgehead atoms. The zero-order chi connectivity index (χ0) is 25.0. The van der Waals surface area contributed by atoms with Gasteiger partial charge in [-0.3, -0.25) is 0 Å². The number of rotatable bonds is 11. The second kappa shape index (κ2) is 16.2. The molecule has 1 nitrogen and oxygen atoms in total. The Labute approximate surface area is 260 Å². The number of aromatic hydroxyl groups is 1. The third-order valence-corrected chi connectivity index (χ3v) is 8.38. The first-order valence-corrected chi connectivity index (χ1v) is 14.1. The van der Waals surface area contributed by atoms with Crippen LogP contribution in [0.15, 0.2) is 78.9 Å². The topological polar surface area (TPSA) is 20.2 Å². The van der Waals surface area contributed by atoms with Crippen LogP contribution in [0.25, 0.3) is 33.0 Å². The molecule has 0 fully saturated rings. The van der Waals surface area contributed by atoms with Gasteiger partial charge in [0.2, 0.25) is 0 Å². The number of phenolic OH excluding ortho intramolecular Hbond substituents is 1. The summed E-state index contributed by atoms with van der Waals surface area (Å²) in [4.78, 5) is 0. The Morgan fingerprint density at radius 2 is 1.20 bits per heavy atom. The Bertz CT molecular complexity index is 1330. The molecular weight excluding hydrogens is 520 g/mol. The predicted octanol–water partition coefficient (Wildman–Crippen LogP) is 11.8. The number of unbranched alkanes of at least 4 members (excludes halogenated alkanes) is 6. The first kappa shape index (κ1) is 35.7. The van der Waals surface area contributed by atoms with Crippen molar-refractivity contribution in [3.05, 3.63) is 112 Å². The molecule has 211 valence electrons. The van der Waals surface area contributed by atoms with E-state index in [0.717, 1.165) is 16.5 Å². The summed E-state index contributed by atoms with van der Waals surface area (Å²) in [5, 5.41) is 13.3. The van der Waals surface area contributed by atoms with Gasteiger partial charge in [-0.05, 0) is 63.6 Å². The molecule has 1 radical (unpaired) electrons. The number of fused-ring (bicyclic) bond motifs is 4. The van der Waals surface area contributed by atoms with E-state index in [2.05, 4.69) is 80.6 Å². The molecule has 1 aliphatic carbocycles. The van der Waals surface area contributed by atoms with Crippen molar-refractivity contribution in [1.29, 1.82) is 0 Å². The summed E-state index contributed by atoms with van der Waals surface area (Å²) in [5.41, 5.74) is 7.94. The van der Waals surface area contributed by atoms with Crippen molar-refractivity contribution in [2.75, 3.05) is 0 Å². The van der Waals surface area contributed by atoms with E-state index < -0.39 is 0 Å². The fourth-order valence-electron chi connectivity index (χ4n) is 6.55. The van der Waals surface area contributed by atoms with E-state index >= 15 is 0 Å². The maximum atomic E-state index is 11.0. The summed E-state index contributed by atoms with van der Waals surface area (Å²) in [6.07, 6.45) is 12.7. The Morgan fingerprint density at radius 3 is 1.88 bits per heavy atom. The van der Waals surface area contributed by atoms with Crippen LogP contribution in [0.4, 0.5) is 0 Å². The van der Waals surface area contributed by atoms with Crippen LogP contribution < -0.4 is 0 Å². The van der Waals surface area contributed by atoms with E-state index in [-0.39, 0.29) is 49.4 Å². The summed E-state index contributed by atoms with van der Waals surface area (Å²) in [6, 6.07) is 28.4. The average molecular weight is 570 g/mol. The fourth-order valence-corrected chi connectivity index (χ4v) is 6.55. The Kier molecular flexibility index (Phi) is 14.4. The van der Waals surface area contributed by atoms with E-state index in [1.54, 1.807) is 0 Å². The zero-order valence-corrected chi connectivity index (χ0v) is 27.1. The van der Waals surface area contributed by atoms with E-state index in [9.17, 15) is 5.11 Å². The summed E-state index contributed by atoms with van der Waals surface area (Å²) >= 11 is 0. The van der Waals surface area contributed by atoms with Gasteiger partial charge in [-0.2, -0.15) is 0 Å². The zero-order valence-electron chi connectivity index (χ0n) is 25.5. The van der Waals surface area contributed by atoms with Crippen molar-refractivity contribution in [2.24, 2.45) is 0 Å². The van der Waals surface area contributed by atoms with Gasteiger partial charge in [0, 0.05) is 11.0 Å². The number of phenols is 1. The van der Waals surface area contributed by atoms with Crippen LogP contribution in [0.3, 0.4) is 0 Å². The van der Waals surface area contributed by atoms with Crippen LogP contribution in [0.2, 0.25) is 0 Å². The molecule has 0 aliphatic heterocycles. The minimum absolute atomic E-state index is 0. The third kappa shape index (κ3) is 6.75. The van der Waals surface area contributed by atoms with E-state index in [1.165, 1.54) is 91.8 Å². The minimum Gasteiger partial charge on any atom is -0.507 e. The maximum Gasteiger partial charge on any atom is 3.00 e. The van der Waals surface area contributed by atoms with Crippen molar-refractivity contribution in [2.45, 2.75) is 83.5 Å². The molecule has 0 amide bonds. The van der Waals surface area contributed by atoms with Crippen LogP contribution in [0.1, 0.15) is 89.2 Å². The molecule has 40 heavy (non-hydrogen) atoms. The van der Waals surface area contributed by atoms with Crippen LogP contribution in [0.5, 0.6) is 5.75 Å². The van der Waals surface area contributed by atoms with Gasteiger partial charge in [-0.1, -0.05) is 132 Å². The van der Waals surface area contributed by atoms with Crippen molar-refractivity contribution >= 4 is 10.8 Å². The largest absolute Gasteiger partial charge is 3.00 e. The molecule has 4 aromatic carbocycles. The number of hydrogen-bond donors (Lipinski definition) is 1. The van der Waals surface area contributed by atoms with Crippen LogP contribution >= 0.6 is 0 Å². The second-order valence-electron chi connectivity index (χ2n) is 10.7. The molecule has 0 unspecified atom stereocenters. The quantitative estimate of drug-likeness (QED) is 0.108. The SMILES string of the molecule is CCCCCCC1(CCCCCC)c2ccccc2-c2ccc(-c3c(O)ccc4ccccc34)cc21.[CH3-].[CH3-].[CH3-].[Ti+3]. The van der Waals surface area contributed by atoms with Crippen LogP contribution in [-0.2, 0) is 27.1 Å². The number of hydrogen-bond acceptors (Lipinski definition) is 1. The predicted molar refractivity (Wildman–Crippen MR) is 174 cm³/mol. The molecule has 0 saturated carbocycles. The molecule has 0 heterocycles. The van der Waals surface area contributed by atoms with Crippen LogP contribution in [-0.4, -0.2) is 5.11 Å². The second-order valence-corrected chi connectivity index (χ2v) is 10.7. The summed E-state index contributed by atoms with van der Waals surface area (Å²) in [7, 11) is 0. The minimum atomic E-state index is 0.